The molecule has 1 aliphatic rings. The minimum absolute atomic E-state index is 0.0780. The van der Waals surface area contributed by atoms with Crippen molar-refractivity contribution in [3.63, 3.8) is 0 Å². The Bertz CT molecular complexity index is 962. The molecule has 1 amide bonds. The molecule has 0 bridgehead atoms. The van der Waals surface area contributed by atoms with Crippen molar-refractivity contribution in [2.45, 2.75) is 32.1 Å². The number of hydrogen-bond acceptors (Lipinski definition) is 1. The molecule has 3 heteroatoms. The molecule has 0 heterocycles. The summed E-state index contributed by atoms with van der Waals surface area (Å²) in [5.74, 6) is 0.191. The van der Waals surface area contributed by atoms with E-state index in [-0.39, 0.29) is 29.2 Å². The van der Waals surface area contributed by atoms with Crippen molar-refractivity contribution in [3.8, 4) is 0 Å². The van der Waals surface area contributed by atoms with Gasteiger partial charge in [-0.3, -0.25) is 4.79 Å². The first-order chi connectivity index (χ1) is 12.5. The summed E-state index contributed by atoms with van der Waals surface area (Å²) in [6.45, 7) is 4.33. The average Bonchev–Trinajstić information content (AvgIpc) is 3.45. The first kappa shape index (κ1) is 16.8. The molecule has 0 unspecified atom stereocenters. The molecule has 0 radical (unpaired) electrons. The average molecular weight is 347 g/mol. The summed E-state index contributed by atoms with van der Waals surface area (Å²) in [6, 6.07) is 19.3. The second-order valence-electron chi connectivity index (χ2n) is 7.41. The van der Waals surface area contributed by atoms with Crippen LogP contribution in [-0.2, 0) is 4.79 Å². The van der Waals surface area contributed by atoms with Crippen LogP contribution in [0.4, 0.5) is 10.1 Å². The Labute approximate surface area is 153 Å². The minimum atomic E-state index is -0.366. The van der Waals surface area contributed by atoms with Crippen LogP contribution in [0.2, 0.25) is 0 Å². The van der Waals surface area contributed by atoms with E-state index in [1.54, 1.807) is 18.2 Å². The van der Waals surface area contributed by atoms with Crippen LogP contribution in [-0.4, -0.2) is 5.91 Å². The van der Waals surface area contributed by atoms with Crippen LogP contribution in [0.3, 0.4) is 0 Å². The normalized spacial score (nSPS) is 18.9. The molecule has 1 N–H and O–H groups in total. The van der Waals surface area contributed by atoms with Crippen LogP contribution in [0, 0.1) is 11.7 Å². The summed E-state index contributed by atoms with van der Waals surface area (Å²) < 4.78 is 14.6. The van der Waals surface area contributed by atoms with Gasteiger partial charge < -0.3 is 5.32 Å². The van der Waals surface area contributed by atoms with E-state index in [1.807, 2.05) is 18.2 Å². The van der Waals surface area contributed by atoms with Gasteiger partial charge in [-0.1, -0.05) is 68.4 Å². The predicted octanol–water partition coefficient (Wildman–Crippen LogP) is 5.84. The Hall–Kier alpha value is -2.68. The third-order valence-electron chi connectivity index (χ3n) is 5.28. The topological polar surface area (TPSA) is 29.1 Å². The van der Waals surface area contributed by atoms with E-state index in [1.165, 1.54) is 11.1 Å². The quantitative estimate of drug-likeness (QED) is 0.631. The molecule has 0 aliphatic heterocycles. The van der Waals surface area contributed by atoms with E-state index >= 15 is 0 Å². The van der Waals surface area contributed by atoms with Gasteiger partial charge in [0.15, 0.2) is 5.82 Å². The zero-order valence-electron chi connectivity index (χ0n) is 15.0. The van der Waals surface area contributed by atoms with Crippen molar-refractivity contribution in [1.29, 1.82) is 0 Å². The first-order valence-corrected chi connectivity index (χ1v) is 9.12. The zero-order chi connectivity index (χ0) is 18.3. The van der Waals surface area contributed by atoms with Crippen LogP contribution < -0.4 is 5.32 Å². The lowest BCUT2D eigenvalue weighted by Gasteiger charge is -2.09. The molecule has 2 nitrogen and oxygen atoms in total. The van der Waals surface area contributed by atoms with Crippen molar-refractivity contribution in [3.05, 3.63) is 77.6 Å². The molecule has 1 saturated carbocycles. The van der Waals surface area contributed by atoms with Gasteiger partial charge in [0.05, 0.1) is 5.69 Å². The molecule has 26 heavy (non-hydrogen) atoms. The molecular weight excluding hydrogens is 325 g/mol. The Morgan fingerprint density at radius 3 is 2.50 bits per heavy atom. The van der Waals surface area contributed by atoms with Gasteiger partial charge in [-0.05, 0) is 40.8 Å². The molecular formula is C23H22FNO. The van der Waals surface area contributed by atoms with E-state index in [0.717, 1.165) is 11.8 Å². The van der Waals surface area contributed by atoms with Gasteiger partial charge >= 0.3 is 0 Å². The van der Waals surface area contributed by atoms with Crippen LogP contribution in [0.5, 0.6) is 0 Å². The highest BCUT2D eigenvalue weighted by molar-refractivity contribution is 5.97. The highest BCUT2D eigenvalue weighted by Gasteiger charge is 2.44. The number of anilines is 1. The molecule has 0 spiro atoms. The number of fused-ring (bicyclic) bond motifs is 1. The van der Waals surface area contributed by atoms with E-state index < -0.39 is 0 Å². The second kappa shape index (κ2) is 6.56. The SMILES string of the molecule is CC(C)c1ccc([C@@H]2C[C@H]2C(=O)Nc2ccc3ccccc3c2F)cc1. The van der Waals surface area contributed by atoms with Crippen molar-refractivity contribution >= 4 is 22.4 Å². The molecule has 3 aromatic rings. The van der Waals surface area contributed by atoms with E-state index in [9.17, 15) is 9.18 Å². The maximum atomic E-state index is 14.6. The maximum Gasteiger partial charge on any atom is 0.228 e. The van der Waals surface area contributed by atoms with Gasteiger partial charge in [0.2, 0.25) is 5.91 Å². The number of rotatable bonds is 4. The first-order valence-electron chi connectivity index (χ1n) is 9.12. The Morgan fingerprint density at radius 2 is 1.77 bits per heavy atom. The highest BCUT2D eigenvalue weighted by atomic mass is 19.1. The number of nitrogens with one attached hydrogen (secondary N) is 1. The van der Waals surface area contributed by atoms with Gasteiger partial charge in [0.25, 0.3) is 0 Å². The third-order valence-corrected chi connectivity index (χ3v) is 5.28. The number of halogens is 1. The summed E-state index contributed by atoms with van der Waals surface area (Å²) in [5.41, 5.74) is 2.75. The van der Waals surface area contributed by atoms with Gasteiger partial charge in [-0.2, -0.15) is 0 Å². The summed E-state index contributed by atoms with van der Waals surface area (Å²) in [4.78, 5) is 12.5. The Balaban J connectivity index is 1.47. The molecule has 0 aromatic heterocycles. The maximum absolute atomic E-state index is 14.6. The fraction of sp³-hybridized carbons (Fsp3) is 0.261. The summed E-state index contributed by atoms with van der Waals surface area (Å²) in [5, 5.41) is 4.14. The van der Waals surface area contributed by atoms with Crippen molar-refractivity contribution < 1.29 is 9.18 Å². The molecule has 0 saturated heterocycles. The highest BCUT2D eigenvalue weighted by Crippen LogP contribution is 2.48. The number of benzene rings is 3. The molecule has 132 valence electrons. The van der Waals surface area contributed by atoms with Crippen molar-refractivity contribution in [2.24, 2.45) is 5.92 Å². The molecule has 3 aromatic carbocycles. The van der Waals surface area contributed by atoms with Crippen molar-refractivity contribution in [2.75, 3.05) is 5.32 Å². The van der Waals surface area contributed by atoms with E-state index in [0.29, 0.717) is 11.3 Å². The fourth-order valence-electron chi connectivity index (χ4n) is 3.54. The Kier molecular flexibility index (Phi) is 4.23. The lowest BCUT2D eigenvalue weighted by atomic mass is 10.00. The van der Waals surface area contributed by atoms with Crippen LogP contribution >= 0.6 is 0 Å². The van der Waals surface area contributed by atoms with Gasteiger partial charge in [0, 0.05) is 11.3 Å². The van der Waals surface area contributed by atoms with Gasteiger partial charge in [0.1, 0.15) is 0 Å². The molecule has 1 aliphatic carbocycles. The van der Waals surface area contributed by atoms with E-state index in [2.05, 4.69) is 43.4 Å². The van der Waals surface area contributed by atoms with Gasteiger partial charge in [-0.25, -0.2) is 4.39 Å². The molecule has 4 rings (SSSR count). The molecule has 2 atom stereocenters. The summed E-state index contributed by atoms with van der Waals surface area (Å²) in [6.07, 6.45) is 0.821. The number of carbonyl (C=O) groups excluding carboxylic acids is 1. The van der Waals surface area contributed by atoms with E-state index in [4.69, 9.17) is 0 Å². The number of carbonyl (C=O) groups is 1. The number of hydrogen-bond donors (Lipinski definition) is 1. The van der Waals surface area contributed by atoms with Crippen LogP contribution in [0.25, 0.3) is 10.8 Å². The molecule has 1 fully saturated rings. The zero-order valence-corrected chi connectivity index (χ0v) is 15.0. The van der Waals surface area contributed by atoms with Crippen LogP contribution in [0.1, 0.15) is 43.2 Å². The smallest absolute Gasteiger partial charge is 0.228 e. The summed E-state index contributed by atoms with van der Waals surface area (Å²) >= 11 is 0. The third kappa shape index (κ3) is 3.10. The number of amides is 1. The summed E-state index contributed by atoms with van der Waals surface area (Å²) in [7, 11) is 0. The predicted molar refractivity (Wildman–Crippen MR) is 104 cm³/mol. The lowest BCUT2D eigenvalue weighted by Crippen LogP contribution is -2.15. The standard InChI is InChI=1S/C23H22FNO/c1-14(2)15-7-9-17(10-8-15)19-13-20(19)23(26)25-21-12-11-16-5-3-4-6-18(16)22(21)24/h3-12,14,19-20H,13H2,1-2H3,(H,25,26)/t19-,20+/m0/s1. The minimum Gasteiger partial charge on any atom is -0.323 e. The lowest BCUT2D eigenvalue weighted by molar-refractivity contribution is -0.117. The van der Waals surface area contributed by atoms with Crippen molar-refractivity contribution in [1.82, 2.24) is 0 Å². The van der Waals surface area contributed by atoms with Gasteiger partial charge in [-0.15, -0.1) is 0 Å². The van der Waals surface area contributed by atoms with Crippen LogP contribution in [0.15, 0.2) is 60.7 Å². The second-order valence-corrected chi connectivity index (χ2v) is 7.41. The Morgan fingerprint density at radius 1 is 1.04 bits per heavy atom. The monoisotopic (exact) mass is 347 g/mol. The largest absolute Gasteiger partial charge is 0.323 e. The fourth-order valence-corrected chi connectivity index (χ4v) is 3.54.